The molecule has 1 aromatic heterocycles. The molecule has 3 aliphatic rings. The van der Waals surface area contributed by atoms with Crippen molar-refractivity contribution in [3.63, 3.8) is 0 Å². The summed E-state index contributed by atoms with van der Waals surface area (Å²) in [5, 5.41) is 1.27. The maximum absolute atomic E-state index is 2.60. The fourth-order valence-corrected chi connectivity index (χ4v) is 9.87. The van der Waals surface area contributed by atoms with Gasteiger partial charge in [0.25, 0.3) is 6.71 Å². The third-order valence-corrected chi connectivity index (χ3v) is 12.6. The second kappa shape index (κ2) is 12.3. The van der Waals surface area contributed by atoms with E-state index in [0.717, 1.165) is 22.7 Å². The van der Waals surface area contributed by atoms with Crippen LogP contribution in [0.25, 0.3) is 16.6 Å². The molecule has 11 rings (SSSR count). The van der Waals surface area contributed by atoms with Crippen LogP contribution in [-0.2, 0) is 10.8 Å². The van der Waals surface area contributed by atoms with Crippen LogP contribution in [-0.4, -0.2) is 11.3 Å². The summed E-state index contributed by atoms with van der Waals surface area (Å²) in [6, 6.07) is 59.0. The molecular weight excluding hydrogens is 703 g/mol. The minimum atomic E-state index is 0.0467. The number of fused-ring (bicyclic) bond motifs is 4. The minimum absolute atomic E-state index is 0.0467. The van der Waals surface area contributed by atoms with E-state index in [9.17, 15) is 0 Å². The number of benzene rings is 7. The van der Waals surface area contributed by atoms with Crippen molar-refractivity contribution in [1.82, 2.24) is 4.57 Å². The van der Waals surface area contributed by atoms with Crippen molar-refractivity contribution >= 4 is 85.3 Å². The van der Waals surface area contributed by atoms with Gasteiger partial charge in [0.2, 0.25) is 0 Å². The zero-order chi connectivity index (χ0) is 39.7. The zero-order valence-electron chi connectivity index (χ0n) is 34.4. The predicted molar refractivity (Wildman–Crippen MR) is 248 cm³/mol. The van der Waals surface area contributed by atoms with Crippen molar-refractivity contribution in [1.29, 1.82) is 0 Å². The van der Waals surface area contributed by atoms with E-state index in [1.807, 2.05) is 0 Å². The first kappa shape index (κ1) is 34.8. The predicted octanol–water partition coefficient (Wildman–Crippen LogP) is 12.4. The molecule has 5 heteroatoms. The lowest BCUT2D eigenvalue weighted by molar-refractivity contribution is 0.590. The molecule has 0 atom stereocenters. The molecule has 0 N–H and O–H groups in total. The van der Waals surface area contributed by atoms with Crippen molar-refractivity contribution in [3.05, 3.63) is 174 Å². The Morgan fingerprint density at radius 3 is 1.50 bits per heavy atom. The first-order valence-corrected chi connectivity index (χ1v) is 20.7. The molecular formula is C53H47BN4. The number of aryl methyl sites for hydroxylation is 1. The van der Waals surface area contributed by atoms with Gasteiger partial charge in [-0.3, -0.25) is 0 Å². The highest BCUT2D eigenvalue weighted by Crippen LogP contribution is 2.51. The van der Waals surface area contributed by atoms with E-state index in [4.69, 9.17) is 0 Å². The SMILES string of the molecule is Cc1cc2c3c(c1)N(c1ccc(C(C)(C)C)cc1)c1c4n(c5ccccc15)-c1cc(N(c5ccccc5)c5ccccc5)cc(c1B34)N2c1ccc(C(C)(C)C)cc1. The van der Waals surface area contributed by atoms with Crippen molar-refractivity contribution in [2.45, 2.75) is 59.3 Å². The van der Waals surface area contributed by atoms with Crippen molar-refractivity contribution in [2.24, 2.45) is 0 Å². The molecule has 3 aliphatic heterocycles. The molecule has 0 unspecified atom stereocenters. The van der Waals surface area contributed by atoms with E-state index in [-0.39, 0.29) is 17.5 Å². The quantitative estimate of drug-likeness (QED) is 0.163. The molecule has 4 heterocycles. The maximum atomic E-state index is 2.60. The molecule has 0 saturated carbocycles. The van der Waals surface area contributed by atoms with Crippen LogP contribution in [0.5, 0.6) is 0 Å². The number of hydrogen-bond donors (Lipinski definition) is 0. The van der Waals surface area contributed by atoms with Gasteiger partial charge >= 0.3 is 0 Å². The monoisotopic (exact) mass is 750 g/mol. The number of anilines is 9. The molecule has 0 bridgehead atoms. The highest BCUT2D eigenvalue weighted by molar-refractivity contribution is 7.02. The summed E-state index contributed by atoms with van der Waals surface area (Å²) in [6.45, 7) is 16.1. The topological polar surface area (TPSA) is 14.7 Å². The first-order valence-electron chi connectivity index (χ1n) is 20.7. The number of para-hydroxylation sites is 3. The first-order chi connectivity index (χ1) is 28.0. The Balaban J connectivity index is 1.26. The third kappa shape index (κ3) is 5.02. The van der Waals surface area contributed by atoms with Crippen LogP contribution in [0.3, 0.4) is 0 Å². The van der Waals surface area contributed by atoms with Crippen LogP contribution in [0.4, 0.5) is 51.2 Å². The van der Waals surface area contributed by atoms with E-state index in [1.165, 1.54) is 78.2 Å². The Morgan fingerprint density at radius 1 is 0.466 bits per heavy atom. The number of aromatic nitrogens is 1. The van der Waals surface area contributed by atoms with Crippen molar-refractivity contribution in [2.75, 3.05) is 14.7 Å². The lowest BCUT2D eigenvalue weighted by Gasteiger charge is -2.42. The van der Waals surface area contributed by atoms with Crippen LogP contribution in [0.1, 0.15) is 58.2 Å². The van der Waals surface area contributed by atoms with Crippen LogP contribution in [0.2, 0.25) is 0 Å². The third-order valence-electron chi connectivity index (χ3n) is 12.6. The molecule has 58 heavy (non-hydrogen) atoms. The molecule has 0 saturated heterocycles. The van der Waals surface area contributed by atoms with Crippen LogP contribution in [0.15, 0.2) is 158 Å². The summed E-state index contributed by atoms with van der Waals surface area (Å²) in [4.78, 5) is 7.55. The average molecular weight is 751 g/mol. The highest BCUT2D eigenvalue weighted by Gasteiger charge is 2.51. The van der Waals surface area contributed by atoms with E-state index in [0.29, 0.717) is 0 Å². The molecule has 4 nitrogen and oxygen atoms in total. The Bertz CT molecular complexity index is 2880. The summed E-state index contributed by atoms with van der Waals surface area (Å²) in [5.41, 5.74) is 21.3. The summed E-state index contributed by atoms with van der Waals surface area (Å²) < 4.78 is 2.60. The van der Waals surface area contributed by atoms with E-state index < -0.39 is 0 Å². The molecule has 0 spiro atoms. The second-order valence-electron chi connectivity index (χ2n) is 18.4. The van der Waals surface area contributed by atoms with Gasteiger partial charge < -0.3 is 19.3 Å². The Kier molecular flexibility index (Phi) is 7.36. The summed E-state index contributed by atoms with van der Waals surface area (Å²) >= 11 is 0. The zero-order valence-corrected chi connectivity index (χ0v) is 34.4. The summed E-state index contributed by atoms with van der Waals surface area (Å²) in [7, 11) is 0. The van der Waals surface area contributed by atoms with E-state index in [2.05, 4.69) is 225 Å². The van der Waals surface area contributed by atoms with Crippen LogP contribution >= 0.6 is 0 Å². The van der Waals surface area contributed by atoms with Crippen LogP contribution in [0, 0.1) is 6.92 Å². The fraction of sp³-hybridized carbons (Fsp3) is 0.170. The highest BCUT2D eigenvalue weighted by atomic mass is 15.2. The van der Waals surface area contributed by atoms with Gasteiger partial charge in [0, 0.05) is 56.5 Å². The van der Waals surface area contributed by atoms with Gasteiger partial charge in [0.15, 0.2) is 0 Å². The smallest absolute Gasteiger partial charge is 0.275 e. The molecule has 0 aliphatic carbocycles. The number of hydrogen-bond acceptors (Lipinski definition) is 3. The minimum Gasteiger partial charge on any atom is -0.320 e. The average Bonchev–Trinajstić information content (AvgIpc) is 3.74. The molecule has 7 aromatic carbocycles. The molecule has 0 fully saturated rings. The van der Waals surface area contributed by atoms with Gasteiger partial charge in [-0.1, -0.05) is 120 Å². The van der Waals surface area contributed by atoms with Crippen molar-refractivity contribution in [3.8, 4) is 5.69 Å². The Morgan fingerprint density at radius 2 is 0.931 bits per heavy atom. The summed E-state index contributed by atoms with van der Waals surface area (Å²) in [5.74, 6) is 0. The van der Waals surface area contributed by atoms with Gasteiger partial charge in [-0.15, -0.1) is 0 Å². The van der Waals surface area contributed by atoms with Crippen LogP contribution < -0.4 is 31.2 Å². The number of nitrogens with zero attached hydrogens (tertiary/aromatic N) is 4. The Labute approximate surface area is 342 Å². The standard InChI is InChI=1S/C53H47BN4/c1-34-30-44-48-45(31-34)57(40-28-24-36(25-29-40)53(5,6)7)50-42-20-14-15-21-43(42)58-47-33-41(55(37-16-10-8-11-17-37)38-18-12-9-13-19-38)32-46(49(47)54(48)51(50)58)56(44)39-26-22-35(23-27-39)52(2,3)4/h8-33H,1-7H3. The molecule has 8 aromatic rings. The lowest BCUT2D eigenvalue weighted by Crippen LogP contribution is -2.59. The summed E-state index contributed by atoms with van der Waals surface area (Å²) in [6.07, 6.45) is 0. The largest absolute Gasteiger partial charge is 0.320 e. The maximum Gasteiger partial charge on any atom is 0.275 e. The fourth-order valence-electron chi connectivity index (χ4n) is 9.87. The molecule has 0 amide bonds. The van der Waals surface area contributed by atoms with Crippen molar-refractivity contribution < 1.29 is 0 Å². The normalized spacial score (nSPS) is 13.7. The number of rotatable bonds is 5. The second-order valence-corrected chi connectivity index (χ2v) is 18.4. The molecule has 0 radical (unpaired) electrons. The van der Waals surface area contributed by atoms with Gasteiger partial charge in [-0.25, -0.2) is 0 Å². The molecule has 282 valence electrons. The van der Waals surface area contributed by atoms with Gasteiger partial charge in [0.1, 0.15) is 0 Å². The van der Waals surface area contributed by atoms with E-state index in [1.54, 1.807) is 0 Å². The Hall–Kier alpha value is -6.46. The van der Waals surface area contributed by atoms with Gasteiger partial charge in [-0.05, 0) is 124 Å². The van der Waals surface area contributed by atoms with Gasteiger partial charge in [0.05, 0.1) is 16.9 Å². The van der Waals surface area contributed by atoms with Gasteiger partial charge in [-0.2, -0.15) is 0 Å². The lowest BCUT2D eigenvalue weighted by atomic mass is 9.36. The van der Waals surface area contributed by atoms with E-state index >= 15 is 0 Å².